The minimum atomic E-state index is -0.639. The number of benzene rings is 2. The maximum absolute atomic E-state index is 12.6. The van der Waals surface area contributed by atoms with Crippen LogP contribution in [0.2, 0.25) is 0 Å². The summed E-state index contributed by atoms with van der Waals surface area (Å²) in [5.41, 5.74) is 8.01. The Morgan fingerprint density at radius 1 is 1.00 bits per heavy atom. The highest BCUT2D eigenvalue weighted by atomic mass is 16.2. The van der Waals surface area contributed by atoms with E-state index >= 15 is 0 Å². The number of nitrogens with two attached hydrogens (primary N) is 1. The molecule has 3 rings (SSSR count). The first-order valence-electron chi connectivity index (χ1n) is 9.06. The van der Waals surface area contributed by atoms with Crippen LogP contribution >= 0.6 is 0 Å². The van der Waals surface area contributed by atoms with E-state index in [-0.39, 0.29) is 17.7 Å². The first-order valence-corrected chi connectivity index (χ1v) is 9.06. The van der Waals surface area contributed by atoms with Gasteiger partial charge in [-0.1, -0.05) is 60.7 Å². The maximum atomic E-state index is 12.6. The minimum absolute atomic E-state index is 0.0456. The number of nitrogens with one attached hydrogen (secondary N) is 1. The zero-order chi connectivity index (χ0) is 18.4. The maximum Gasteiger partial charge on any atom is 0.244 e. The zero-order valence-corrected chi connectivity index (χ0v) is 14.8. The fraction of sp³-hybridized carbons (Fsp3) is 0.333. The Kier molecular flexibility index (Phi) is 6.02. The van der Waals surface area contributed by atoms with Crippen molar-refractivity contribution < 1.29 is 9.59 Å². The van der Waals surface area contributed by atoms with Crippen LogP contribution in [-0.2, 0) is 16.1 Å². The van der Waals surface area contributed by atoms with Gasteiger partial charge in [0.2, 0.25) is 11.8 Å². The van der Waals surface area contributed by atoms with E-state index in [1.165, 1.54) is 0 Å². The number of carbonyl (C=O) groups excluding carboxylic acids is 2. The summed E-state index contributed by atoms with van der Waals surface area (Å²) in [4.78, 5) is 26.7. The van der Waals surface area contributed by atoms with Gasteiger partial charge in [-0.3, -0.25) is 9.59 Å². The molecule has 0 radical (unpaired) electrons. The van der Waals surface area contributed by atoms with Gasteiger partial charge in [-0.05, 0) is 24.0 Å². The Balaban J connectivity index is 1.47. The lowest BCUT2D eigenvalue weighted by Crippen LogP contribution is -2.45. The van der Waals surface area contributed by atoms with Gasteiger partial charge in [0.25, 0.3) is 0 Å². The van der Waals surface area contributed by atoms with Crippen LogP contribution in [0.4, 0.5) is 0 Å². The van der Waals surface area contributed by atoms with E-state index in [1.807, 2.05) is 60.7 Å². The van der Waals surface area contributed by atoms with Gasteiger partial charge in [-0.25, -0.2) is 0 Å². The fourth-order valence-electron chi connectivity index (χ4n) is 3.29. The number of hydrogen-bond acceptors (Lipinski definition) is 3. The molecule has 2 aromatic rings. The average molecular weight is 351 g/mol. The van der Waals surface area contributed by atoms with Crippen molar-refractivity contribution in [1.29, 1.82) is 0 Å². The van der Waals surface area contributed by atoms with Crippen LogP contribution in [-0.4, -0.2) is 29.8 Å². The first kappa shape index (κ1) is 18.1. The molecule has 0 spiro atoms. The summed E-state index contributed by atoms with van der Waals surface area (Å²) in [5, 5.41) is 2.99. The van der Waals surface area contributed by atoms with Gasteiger partial charge in [0, 0.05) is 25.6 Å². The average Bonchev–Trinajstić information content (AvgIpc) is 2.72. The largest absolute Gasteiger partial charge is 0.352 e. The van der Waals surface area contributed by atoms with Gasteiger partial charge in [0.15, 0.2) is 0 Å². The second-order valence-corrected chi connectivity index (χ2v) is 6.69. The Labute approximate surface area is 154 Å². The smallest absolute Gasteiger partial charge is 0.244 e. The summed E-state index contributed by atoms with van der Waals surface area (Å²) >= 11 is 0. The quantitative estimate of drug-likeness (QED) is 0.867. The van der Waals surface area contributed by atoms with Crippen LogP contribution in [0.15, 0.2) is 60.7 Å². The summed E-state index contributed by atoms with van der Waals surface area (Å²) in [5.74, 6) is -0.0524. The van der Waals surface area contributed by atoms with Crippen molar-refractivity contribution in [1.82, 2.24) is 10.2 Å². The molecule has 1 unspecified atom stereocenters. The first-order chi connectivity index (χ1) is 12.6. The predicted molar refractivity (Wildman–Crippen MR) is 101 cm³/mol. The molecule has 1 saturated heterocycles. The molecule has 1 aliphatic rings. The minimum Gasteiger partial charge on any atom is -0.352 e. The van der Waals surface area contributed by atoms with Gasteiger partial charge >= 0.3 is 0 Å². The van der Waals surface area contributed by atoms with E-state index in [2.05, 4.69) is 5.32 Å². The lowest BCUT2D eigenvalue weighted by molar-refractivity contribution is -0.136. The Hall–Kier alpha value is -2.66. The van der Waals surface area contributed by atoms with Crippen LogP contribution in [0.1, 0.15) is 30.0 Å². The van der Waals surface area contributed by atoms with E-state index in [0.29, 0.717) is 32.5 Å². The molecule has 0 aliphatic carbocycles. The number of amides is 2. The van der Waals surface area contributed by atoms with Crippen LogP contribution < -0.4 is 11.1 Å². The van der Waals surface area contributed by atoms with E-state index < -0.39 is 6.04 Å². The highest BCUT2D eigenvalue weighted by molar-refractivity contribution is 5.84. The molecule has 136 valence electrons. The highest BCUT2D eigenvalue weighted by Crippen LogP contribution is 2.21. The van der Waals surface area contributed by atoms with E-state index in [9.17, 15) is 9.59 Å². The molecule has 5 nitrogen and oxygen atoms in total. The van der Waals surface area contributed by atoms with E-state index in [0.717, 1.165) is 11.1 Å². The van der Waals surface area contributed by atoms with Crippen molar-refractivity contribution in [2.24, 2.45) is 11.7 Å². The van der Waals surface area contributed by atoms with Crippen LogP contribution in [0.25, 0.3) is 0 Å². The standard InChI is InChI=1S/C21H25N3O2/c22-19(17-9-5-2-6-10-17)21(26)24-13-11-18(12-14-24)20(25)23-15-16-7-3-1-4-8-16/h1-10,18-19H,11-15,22H2,(H,23,25). The van der Waals surface area contributed by atoms with Crippen molar-refractivity contribution in [3.8, 4) is 0 Å². The van der Waals surface area contributed by atoms with E-state index in [1.54, 1.807) is 4.90 Å². The second-order valence-electron chi connectivity index (χ2n) is 6.69. The van der Waals surface area contributed by atoms with Crippen molar-refractivity contribution in [2.45, 2.75) is 25.4 Å². The molecular weight excluding hydrogens is 326 g/mol. The number of piperidine rings is 1. The van der Waals surface area contributed by atoms with Gasteiger partial charge in [0.1, 0.15) is 6.04 Å². The third-order valence-corrected chi connectivity index (χ3v) is 4.91. The molecule has 1 fully saturated rings. The molecule has 1 atom stereocenters. The molecule has 5 heteroatoms. The molecule has 3 N–H and O–H groups in total. The lowest BCUT2D eigenvalue weighted by atomic mass is 9.95. The van der Waals surface area contributed by atoms with Crippen molar-refractivity contribution >= 4 is 11.8 Å². The third kappa shape index (κ3) is 4.49. The molecule has 0 saturated carbocycles. The summed E-state index contributed by atoms with van der Waals surface area (Å²) in [6, 6.07) is 18.6. The number of likely N-dealkylation sites (tertiary alicyclic amines) is 1. The van der Waals surface area contributed by atoms with Crippen LogP contribution in [0.5, 0.6) is 0 Å². The fourth-order valence-corrected chi connectivity index (χ4v) is 3.29. The van der Waals surface area contributed by atoms with Crippen molar-refractivity contribution in [3.05, 3.63) is 71.8 Å². The molecule has 0 aromatic heterocycles. The molecule has 0 bridgehead atoms. The predicted octanol–water partition coefficient (Wildman–Crippen LogP) is 2.24. The summed E-state index contributed by atoms with van der Waals surface area (Å²) in [7, 11) is 0. The molecular formula is C21H25N3O2. The Bertz CT molecular complexity index is 725. The van der Waals surface area contributed by atoms with E-state index in [4.69, 9.17) is 5.73 Å². The number of nitrogens with zero attached hydrogens (tertiary/aromatic N) is 1. The summed E-state index contributed by atoms with van der Waals surface area (Å²) in [6.07, 6.45) is 1.35. The van der Waals surface area contributed by atoms with Crippen LogP contribution in [0, 0.1) is 5.92 Å². The number of rotatable bonds is 5. The SMILES string of the molecule is NC(C(=O)N1CCC(C(=O)NCc2ccccc2)CC1)c1ccccc1. The monoisotopic (exact) mass is 351 g/mol. The summed E-state index contributed by atoms with van der Waals surface area (Å²) in [6.45, 7) is 1.68. The molecule has 1 heterocycles. The highest BCUT2D eigenvalue weighted by Gasteiger charge is 2.29. The Morgan fingerprint density at radius 3 is 2.19 bits per heavy atom. The zero-order valence-electron chi connectivity index (χ0n) is 14.8. The molecule has 2 amide bonds. The molecule has 26 heavy (non-hydrogen) atoms. The number of carbonyl (C=O) groups is 2. The van der Waals surface area contributed by atoms with Gasteiger partial charge in [-0.15, -0.1) is 0 Å². The van der Waals surface area contributed by atoms with Crippen molar-refractivity contribution in [3.63, 3.8) is 0 Å². The van der Waals surface area contributed by atoms with Crippen molar-refractivity contribution in [2.75, 3.05) is 13.1 Å². The normalized spacial score (nSPS) is 16.1. The Morgan fingerprint density at radius 2 is 1.58 bits per heavy atom. The van der Waals surface area contributed by atoms with Crippen LogP contribution in [0.3, 0.4) is 0 Å². The molecule has 2 aromatic carbocycles. The van der Waals surface area contributed by atoms with Gasteiger partial charge in [0.05, 0.1) is 0 Å². The van der Waals surface area contributed by atoms with Gasteiger partial charge < -0.3 is 16.0 Å². The second kappa shape index (κ2) is 8.63. The topological polar surface area (TPSA) is 75.4 Å². The van der Waals surface area contributed by atoms with Gasteiger partial charge in [-0.2, -0.15) is 0 Å². The summed E-state index contributed by atoms with van der Waals surface area (Å²) < 4.78 is 0. The third-order valence-electron chi connectivity index (χ3n) is 4.91. The molecule has 1 aliphatic heterocycles. The number of hydrogen-bond donors (Lipinski definition) is 2. The lowest BCUT2D eigenvalue weighted by Gasteiger charge is -2.33.